The summed E-state index contributed by atoms with van der Waals surface area (Å²) in [5.74, 6) is 0.761. The highest BCUT2D eigenvalue weighted by Gasteiger charge is 2.17. The molecule has 0 aliphatic carbocycles. The van der Waals surface area contributed by atoms with E-state index in [0.717, 1.165) is 22.1 Å². The van der Waals surface area contributed by atoms with Gasteiger partial charge in [-0.2, -0.15) is 0 Å². The molecule has 0 saturated carbocycles. The van der Waals surface area contributed by atoms with E-state index in [2.05, 4.69) is 0 Å². The van der Waals surface area contributed by atoms with Crippen molar-refractivity contribution in [3.05, 3.63) is 42.0 Å². The van der Waals surface area contributed by atoms with Crippen molar-refractivity contribution in [2.75, 3.05) is 13.7 Å². The summed E-state index contributed by atoms with van der Waals surface area (Å²) in [6, 6.07) is 11.9. The molecule has 0 N–H and O–H groups in total. The summed E-state index contributed by atoms with van der Waals surface area (Å²) >= 11 is 0. The van der Waals surface area contributed by atoms with Crippen molar-refractivity contribution in [2.45, 2.75) is 26.7 Å². The van der Waals surface area contributed by atoms with Crippen LogP contribution in [0.3, 0.4) is 0 Å². The maximum atomic E-state index is 12.0. The van der Waals surface area contributed by atoms with Gasteiger partial charge in [-0.3, -0.25) is 4.79 Å². The Morgan fingerprint density at radius 1 is 1.05 bits per heavy atom. The van der Waals surface area contributed by atoms with E-state index in [9.17, 15) is 4.79 Å². The van der Waals surface area contributed by atoms with Crippen molar-refractivity contribution in [1.29, 1.82) is 0 Å². The van der Waals surface area contributed by atoms with Crippen molar-refractivity contribution >= 4 is 16.7 Å². The molecule has 2 aromatic carbocycles. The molecule has 0 aliphatic heterocycles. The number of rotatable bonds is 5. The third kappa shape index (κ3) is 3.75. The third-order valence-electron chi connectivity index (χ3n) is 3.48. The number of hydrogen-bond donors (Lipinski definition) is 0. The predicted molar refractivity (Wildman–Crippen MR) is 84.7 cm³/mol. The Hall–Kier alpha value is -2.03. The van der Waals surface area contributed by atoms with Crippen LogP contribution in [-0.2, 0) is 9.53 Å². The van der Waals surface area contributed by atoms with Crippen LogP contribution < -0.4 is 4.74 Å². The Morgan fingerprint density at radius 3 is 2.38 bits per heavy atom. The molecule has 0 amide bonds. The van der Waals surface area contributed by atoms with E-state index in [0.29, 0.717) is 12.5 Å². The van der Waals surface area contributed by atoms with E-state index in [4.69, 9.17) is 9.47 Å². The summed E-state index contributed by atoms with van der Waals surface area (Å²) in [6.07, 6.45) is 0. The summed E-state index contributed by atoms with van der Waals surface area (Å²) in [5.41, 5.74) is 0.974. The summed E-state index contributed by atoms with van der Waals surface area (Å²) in [5, 5.41) is 2.19. The molecule has 0 aromatic heterocycles. The van der Waals surface area contributed by atoms with E-state index in [1.807, 2.05) is 57.2 Å². The molecular formula is C18H22O3. The van der Waals surface area contributed by atoms with Crippen molar-refractivity contribution in [2.24, 2.45) is 5.92 Å². The Morgan fingerprint density at radius 2 is 1.71 bits per heavy atom. The molecule has 0 bridgehead atoms. The van der Waals surface area contributed by atoms with Crippen LogP contribution in [0.15, 0.2) is 36.4 Å². The lowest BCUT2D eigenvalue weighted by atomic mass is 9.98. The maximum Gasteiger partial charge on any atom is 0.313 e. The lowest BCUT2D eigenvalue weighted by Gasteiger charge is -2.14. The van der Waals surface area contributed by atoms with Gasteiger partial charge < -0.3 is 9.47 Å². The van der Waals surface area contributed by atoms with Gasteiger partial charge in [0.25, 0.3) is 0 Å². The van der Waals surface area contributed by atoms with Gasteiger partial charge in [0.05, 0.1) is 19.6 Å². The predicted octanol–water partition coefficient (Wildman–Crippen LogP) is 4.15. The third-order valence-corrected chi connectivity index (χ3v) is 3.48. The SMILES string of the molecule is COc1ccc2cc(C(C)C(=O)OCC(C)C)ccc2c1. The molecule has 21 heavy (non-hydrogen) atoms. The van der Waals surface area contributed by atoms with Crippen LogP contribution in [-0.4, -0.2) is 19.7 Å². The lowest BCUT2D eigenvalue weighted by molar-refractivity contribution is -0.146. The second-order valence-electron chi connectivity index (χ2n) is 5.72. The molecule has 1 atom stereocenters. The second kappa shape index (κ2) is 6.61. The van der Waals surface area contributed by atoms with Gasteiger partial charge in [0, 0.05) is 0 Å². The normalized spacial score (nSPS) is 12.4. The van der Waals surface area contributed by atoms with Crippen LogP contribution in [0, 0.1) is 5.92 Å². The molecule has 0 radical (unpaired) electrons. The van der Waals surface area contributed by atoms with Crippen molar-refractivity contribution in [1.82, 2.24) is 0 Å². The number of fused-ring (bicyclic) bond motifs is 1. The van der Waals surface area contributed by atoms with Crippen LogP contribution >= 0.6 is 0 Å². The van der Waals surface area contributed by atoms with E-state index in [-0.39, 0.29) is 11.9 Å². The molecule has 3 nitrogen and oxygen atoms in total. The second-order valence-corrected chi connectivity index (χ2v) is 5.72. The molecule has 2 aromatic rings. The monoisotopic (exact) mass is 286 g/mol. The Balaban J connectivity index is 2.20. The van der Waals surface area contributed by atoms with Gasteiger partial charge in [0.15, 0.2) is 0 Å². The number of benzene rings is 2. The Labute approximate surface area is 125 Å². The van der Waals surface area contributed by atoms with E-state index in [1.165, 1.54) is 0 Å². The van der Waals surface area contributed by atoms with E-state index < -0.39 is 0 Å². The molecule has 2 rings (SSSR count). The van der Waals surface area contributed by atoms with Crippen molar-refractivity contribution < 1.29 is 14.3 Å². The van der Waals surface area contributed by atoms with Crippen molar-refractivity contribution in [3.8, 4) is 5.75 Å². The number of esters is 1. The van der Waals surface area contributed by atoms with Gasteiger partial charge >= 0.3 is 5.97 Å². The first-order chi connectivity index (χ1) is 10.0. The molecule has 0 saturated heterocycles. The average molecular weight is 286 g/mol. The number of hydrogen-bond acceptors (Lipinski definition) is 3. The highest BCUT2D eigenvalue weighted by atomic mass is 16.5. The highest BCUT2D eigenvalue weighted by molar-refractivity contribution is 5.86. The molecular weight excluding hydrogens is 264 g/mol. The molecule has 0 fully saturated rings. The van der Waals surface area contributed by atoms with Gasteiger partial charge in [0.1, 0.15) is 5.75 Å². The fourth-order valence-corrected chi connectivity index (χ4v) is 2.15. The molecule has 112 valence electrons. The topological polar surface area (TPSA) is 35.5 Å². The molecule has 0 heterocycles. The Kier molecular flexibility index (Phi) is 4.84. The molecule has 0 aliphatic rings. The smallest absolute Gasteiger partial charge is 0.313 e. The van der Waals surface area contributed by atoms with Gasteiger partial charge in [-0.05, 0) is 41.3 Å². The summed E-state index contributed by atoms with van der Waals surface area (Å²) < 4.78 is 10.5. The molecule has 3 heteroatoms. The molecule has 0 spiro atoms. The minimum absolute atomic E-state index is 0.170. The average Bonchev–Trinajstić information content (AvgIpc) is 2.50. The largest absolute Gasteiger partial charge is 0.497 e. The zero-order chi connectivity index (χ0) is 15.4. The first kappa shape index (κ1) is 15.4. The van der Waals surface area contributed by atoms with Gasteiger partial charge in [-0.15, -0.1) is 0 Å². The minimum Gasteiger partial charge on any atom is -0.497 e. The number of carbonyl (C=O) groups is 1. The fourth-order valence-electron chi connectivity index (χ4n) is 2.15. The molecule has 1 unspecified atom stereocenters. The lowest BCUT2D eigenvalue weighted by Crippen LogP contribution is -2.16. The van der Waals surface area contributed by atoms with Gasteiger partial charge in [-0.1, -0.05) is 38.1 Å². The first-order valence-corrected chi connectivity index (χ1v) is 7.25. The van der Waals surface area contributed by atoms with Crippen LogP contribution in [0.1, 0.15) is 32.3 Å². The Bertz CT molecular complexity index is 631. The summed E-state index contributed by atoms with van der Waals surface area (Å²) in [6.45, 7) is 6.41. The standard InChI is InChI=1S/C18H22O3/c1-12(2)11-21-18(19)13(3)14-5-6-16-10-17(20-4)8-7-15(16)9-14/h5-10,12-13H,11H2,1-4H3. The van der Waals surface area contributed by atoms with Gasteiger partial charge in [0.2, 0.25) is 0 Å². The van der Waals surface area contributed by atoms with Crippen LogP contribution in [0.25, 0.3) is 10.8 Å². The minimum atomic E-state index is -0.254. The number of methoxy groups -OCH3 is 1. The number of carbonyl (C=O) groups excluding carboxylic acids is 1. The maximum absolute atomic E-state index is 12.0. The summed E-state index contributed by atoms with van der Waals surface area (Å²) in [4.78, 5) is 12.0. The van der Waals surface area contributed by atoms with E-state index >= 15 is 0 Å². The van der Waals surface area contributed by atoms with Gasteiger partial charge in [-0.25, -0.2) is 0 Å². The zero-order valence-electron chi connectivity index (χ0n) is 13.1. The highest BCUT2D eigenvalue weighted by Crippen LogP contribution is 2.25. The van der Waals surface area contributed by atoms with Crippen molar-refractivity contribution in [3.63, 3.8) is 0 Å². The van der Waals surface area contributed by atoms with Crippen LogP contribution in [0.4, 0.5) is 0 Å². The zero-order valence-corrected chi connectivity index (χ0v) is 13.1. The quantitative estimate of drug-likeness (QED) is 0.774. The van der Waals surface area contributed by atoms with Crippen LogP contribution in [0.2, 0.25) is 0 Å². The fraction of sp³-hybridized carbons (Fsp3) is 0.389. The first-order valence-electron chi connectivity index (χ1n) is 7.25. The number of ether oxygens (including phenoxy) is 2. The van der Waals surface area contributed by atoms with Crippen LogP contribution in [0.5, 0.6) is 5.75 Å². The summed E-state index contributed by atoms with van der Waals surface area (Å²) in [7, 11) is 1.66. The van der Waals surface area contributed by atoms with E-state index in [1.54, 1.807) is 7.11 Å².